The van der Waals surface area contributed by atoms with Crippen molar-refractivity contribution in [3.8, 4) is 5.75 Å². The molecule has 0 N–H and O–H groups in total. The molecule has 0 aliphatic heterocycles. The van der Waals surface area contributed by atoms with Crippen LogP contribution in [0.3, 0.4) is 0 Å². The molecule has 13 heavy (non-hydrogen) atoms. The van der Waals surface area contributed by atoms with Gasteiger partial charge in [-0.3, -0.25) is 0 Å². The van der Waals surface area contributed by atoms with E-state index in [0.29, 0.717) is 5.75 Å². The molecule has 0 aliphatic carbocycles. The summed E-state index contributed by atoms with van der Waals surface area (Å²) in [5.41, 5.74) is 0. The Hall–Kier alpha value is 0.225. The van der Waals surface area contributed by atoms with E-state index in [1.165, 1.54) is 24.3 Å². The number of ether oxygens (including phenoxy) is 1. The van der Waals surface area contributed by atoms with Crippen molar-refractivity contribution in [2.45, 2.75) is 0 Å². The smallest absolute Gasteiger partial charge is 0.546 e. The second-order valence-electron chi connectivity index (χ2n) is 2.11. The van der Waals surface area contributed by atoms with Crippen LogP contribution in [0, 0.1) is 5.82 Å². The fourth-order valence-corrected chi connectivity index (χ4v) is 0.673. The van der Waals surface area contributed by atoms with Crippen molar-refractivity contribution in [1.29, 1.82) is 0 Å². The number of hydrogen-bond donors (Lipinski definition) is 0. The Morgan fingerprint density at radius 3 is 2.38 bits per heavy atom. The van der Waals surface area contributed by atoms with Crippen LogP contribution < -0.4 is 68.0 Å². The van der Waals surface area contributed by atoms with Gasteiger partial charge in [-0.15, -0.1) is 0 Å². The van der Waals surface area contributed by atoms with Crippen LogP contribution >= 0.6 is 0 Å². The normalized spacial score (nSPS) is 8.69. The molecule has 0 saturated carbocycles. The zero-order valence-corrected chi connectivity index (χ0v) is 12.0. The number of carbonyl (C=O) groups is 1. The van der Waals surface area contributed by atoms with Gasteiger partial charge >= 0.3 is 58.2 Å². The molecule has 1 rings (SSSR count). The van der Waals surface area contributed by atoms with Crippen LogP contribution in [0.2, 0.25) is 0 Å². The third-order valence-corrected chi connectivity index (χ3v) is 1.17. The van der Waals surface area contributed by atoms with Gasteiger partial charge in [0, 0.05) is 0 Å². The van der Waals surface area contributed by atoms with Gasteiger partial charge in [0.05, 0.1) is 5.97 Å². The second-order valence-corrected chi connectivity index (χ2v) is 2.11. The number of halogens is 1. The van der Waals surface area contributed by atoms with Crippen molar-refractivity contribution in [3.05, 3.63) is 30.1 Å². The molecule has 0 aliphatic rings. The minimum atomic E-state index is -1.31. The van der Waals surface area contributed by atoms with Gasteiger partial charge in [0.1, 0.15) is 18.2 Å². The first kappa shape index (κ1) is 13.2. The zero-order valence-electron chi connectivity index (χ0n) is 7.12. The summed E-state index contributed by atoms with van der Waals surface area (Å²) in [6.45, 7) is -0.522. The number of benzene rings is 1. The number of rotatable bonds is 3. The molecule has 0 heterocycles. The average Bonchev–Trinajstić information content (AvgIpc) is 2.03. The summed E-state index contributed by atoms with van der Waals surface area (Å²) in [5, 5.41) is 9.93. The summed E-state index contributed by atoms with van der Waals surface area (Å²) in [6, 6.07) is 5.06. The molecule has 0 aromatic heterocycles. The molecule has 1 aromatic rings. The van der Waals surface area contributed by atoms with Crippen molar-refractivity contribution < 1.29 is 77.2 Å². The van der Waals surface area contributed by atoms with Crippen molar-refractivity contribution in [1.82, 2.24) is 0 Å². The van der Waals surface area contributed by atoms with E-state index in [1.807, 2.05) is 0 Å². The quantitative estimate of drug-likeness (QED) is 0.576. The summed E-state index contributed by atoms with van der Waals surface area (Å²) in [4.78, 5) is 9.93. The minimum Gasteiger partial charge on any atom is -0.546 e. The molecule has 1 aromatic carbocycles. The van der Waals surface area contributed by atoms with Gasteiger partial charge in [-0.25, -0.2) is 4.39 Å². The molecule has 0 radical (unpaired) electrons. The SMILES string of the molecule is O=C([O-])COc1ccc(F)cc1.[Rb+]. The van der Waals surface area contributed by atoms with Crippen LogP contribution in [0.15, 0.2) is 24.3 Å². The Morgan fingerprint density at radius 2 is 1.92 bits per heavy atom. The van der Waals surface area contributed by atoms with Gasteiger partial charge in [-0.1, -0.05) is 0 Å². The van der Waals surface area contributed by atoms with Gasteiger partial charge in [0.25, 0.3) is 0 Å². The summed E-state index contributed by atoms with van der Waals surface area (Å²) >= 11 is 0. The molecule has 0 fully saturated rings. The maximum atomic E-state index is 12.3. The van der Waals surface area contributed by atoms with E-state index in [2.05, 4.69) is 0 Å². The molecule has 64 valence electrons. The van der Waals surface area contributed by atoms with E-state index in [4.69, 9.17) is 4.74 Å². The molecule has 0 amide bonds. The van der Waals surface area contributed by atoms with Crippen LogP contribution in [0.25, 0.3) is 0 Å². The third kappa shape index (κ3) is 5.51. The largest absolute Gasteiger partial charge is 1.00 e. The topological polar surface area (TPSA) is 49.4 Å². The molecule has 3 nitrogen and oxygen atoms in total. The Kier molecular flexibility index (Phi) is 6.76. The van der Waals surface area contributed by atoms with Crippen molar-refractivity contribution >= 4 is 5.97 Å². The monoisotopic (exact) mass is 254 g/mol. The number of carboxylic acids is 1. The second kappa shape index (κ2) is 6.65. The fraction of sp³-hybridized carbons (Fsp3) is 0.125. The molecule has 0 atom stereocenters. The van der Waals surface area contributed by atoms with Crippen LogP contribution in [0.1, 0.15) is 0 Å². The first-order chi connectivity index (χ1) is 5.68. The predicted octanol–water partition coefficient (Wildman–Crippen LogP) is -3.04. The van der Waals surface area contributed by atoms with Gasteiger partial charge in [-0.05, 0) is 24.3 Å². The fourth-order valence-electron chi connectivity index (χ4n) is 0.673. The minimum absolute atomic E-state index is 0. The third-order valence-electron chi connectivity index (χ3n) is 1.17. The zero-order chi connectivity index (χ0) is 8.97. The summed E-state index contributed by atoms with van der Waals surface area (Å²) < 4.78 is 17.0. The van der Waals surface area contributed by atoms with Crippen molar-refractivity contribution in [3.63, 3.8) is 0 Å². The first-order valence-corrected chi connectivity index (χ1v) is 3.26. The van der Waals surface area contributed by atoms with Crippen molar-refractivity contribution in [2.75, 3.05) is 6.61 Å². The Labute approximate surface area is 124 Å². The van der Waals surface area contributed by atoms with Gasteiger partial charge in [-0.2, -0.15) is 0 Å². The van der Waals surface area contributed by atoms with E-state index in [9.17, 15) is 14.3 Å². The molecule has 0 unspecified atom stereocenters. The average molecular weight is 255 g/mol. The molecule has 0 spiro atoms. The number of carboxylic acid groups (broad SMARTS) is 1. The van der Waals surface area contributed by atoms with E-state index < -0.39 is 18.4 Å². The van der Waals surface area contributed by atoms with Gasteiger partial charge in [0.2, 0.25) is 0 Å². The van der Waals surface area contributed by atoms with Crippen LogP contribution in [0.5, 0.6) is 5.75 Å². The van der Waals surface area contributed by atoms with E-state index in [1.54, 1.807) is 0 Å². The van der Waals surface area contributed by atoms with Crippen LogP contribution in [-0.2, 0) is 4.79 Å². The molecular weight excluding hydrogens is 249 g/mol. The maximum absolute atomic E-state index is 12.3. The number of aliphatic carboxylic acids is 1. The molecule has 5 heteroatoms. The van der Waals surface area contributed by atoms with Crippen molar-refractivity contribution in [2.24, 2.45) is 0 Å². The first-order valence-electron chi connectivity index (χ1n) is 3.26. The van der Waals surface area contributed by atoms with E-state index in [0.717, 1.165) is 0 Å². The standard InChI is InChI=1S/C8H7FO3.Rb/c9-6-1-3-7(4-2-6)12-5-8(10)11;/h1-4H,5H2,(H,10,11);/q;+1/p-1. The number of hydrogen-bond acceptors (Lipinski definition) is 3. The van der Waals surface area contributed by atoms with Gasteiger partial charge in [0.15, 0.2) is 0 Å². The summed E-state index contributed by atoms with van der Waals surface area (Å²) in [5.74, 6) is -1.39. The molecule has 0 saturated heterocycles. The van der Waals surface area contributed by atoms with Crippen LogP contribution in [0.4, 0.5) is 4.39 Å². The summed E-state index contributed by atoms with van der Waals surface area (Å²) in [6.07, 6.45) is 0. The number of carbonyl (C=O) groups excluding carboxylic acids is 1. The Morgan fingerprint density at radius 1 is 1.38 bits per heavy atom. The van der Waals surface area contributed by atoms with Gasteiger partial charge < -0.3 is 14.6 Å². The Balaban J connectivity index is 0.00000144. The van der Waals surface area contributed by atoms with E-state index >= 15 is 0 Å². The predicted molar refractivity (Wildman–Crippen MR) is 36.9 cm³/mol. The molecule has 0 bridgehead atoms. The Bertz CT molecular complexity index is 273. The summed E-state index contributed by atoms with van der Waals surface area (Å²) in [7, 11) is 0. The maximum Gasteiger partial charge on any atom is 1.00 e. The molecular formula is C8H6FO3Rb. The van der Waals surface area contributed by atoms with E-state index in [-0.39, 0.29) is 58.2 Å². The van der Waals surface area contributed by atoms with Crippen LogP contribution in [-0.4, -0.2) is 12.6 Å².